The Morgan fingerprint density at radius 1 is 0.293 bits per heavy atom. The predicted octanol–water partition coefficient (Wildman–Crippen LogP) is 14.4. The van der Waals surface area contributed by atoms with E-state index in [0.717, 1.165) is 33.6 Å². The molecule has 1 spiro atoms. The van der Waals surface area contributed by atoms with Gasteiger partial charge in [0.15, 0.2) is 0 Å². The lowest BCUT2D eigenvalue weighted by atomic mass is 9.55. The lowest BCUT2D eigenvalue weighted by Gasteiger charge is -2.46. The van der Waals surface area contributed by atoms with Crippen LogP contribution in [-0.2, 0) is 10.8 Å². The van der Waals surface area contributed by atoms with Gasteiger partial charge in [-0.1, -0.05) is 202 Å². The van der Waals surface area contributed by atoms with E-state index in [2.05, 4.69) is 226 Å². The number of rotatable bonds is 5. The van der Waals surface area contributed by atoms with Crippen LogP contribution in [0.15, 0.2) is 212 Å². The highest BCUT2D eigenvalue weighted by molar-refractivity contribution is 5.97. The first-order chi connectivity index (χ1) is 28.5. The average molecular weight is 740 g/mol. The Hall–Kier alpha value is -7.09. The Labute approximate surface area is 341 Å². The molecule has 0 amide bonds. The van der Waals surface area contributed by atoms with Gasteiger partial charge in [-0.05, 0) is 102 Å². The van der Waals surface area contributed by atoms with Gasteiger partial charge in [0.05, 0.1) is 16.8 Å². The molecule has 2 aliphatic carbocycles. The predicted molar refractivity (Wildman–Crippen MR) is 241 cm³/mol. The molecule has 0 bridgehead atoms. The van der Waals surface area contributed by atoms with E-state index in [0.29, 0.717) is 0 Å². The van der Waals surface area contributed by atoms with Crippen LogP contribution in [0, 0.1) is 0 Å². The smallest absolute Gasteiger partial charge is 0.0719 e. The lowest BCUT2D eigenvalue weighted by Crippen LogP contribution is -2.40. The van der Waals surface area contributed by atoms with Crippen molar-refractivity contribution in [1.29, 1.82) is 0 Å². The second-order valence-corrected chi connectivity index (χ2v) is 16.3. The first-order valence-corrected chi connectivity index (χ1v) is 20.3. The lowest BCUT2D eigenvalue weighted by molar-refractivity contribution is 0.563. The molecule has 0 fully saturated rings. The van der Waals surface area contributed by atoms with Crippen molar-refractivity contribution in [1.82, 2.24) is 4.98 Å². The molecule has 1 heterocycles. The third kappa shape index (κ3) is 5.13. The fourth-order valence-corrected chi connectivity index (χ4v) is 10.1. The third-order valence-electron chi connectivity index (χ3n) is 12.7. The largest absolute Gasteiger partial charge is 0.248 e. The summed E-state index contributed by atoms with van der Waals surface area (Å²) in [5.74, 6) is 0. The van der Waals surface area contributed by atoms with Gasteiger partial charge >= 0.3 is 0 Å². The minimum absolute atomic E-state index is 0.127. The summed E-state index contributed by atoms with van der Waals surface area (Å²) in [4.78, 5) is 5.24. The van der Waals surface area contributed by atoms with Crippen LogP contribution in [0.2, 0.25) is 0 Å². The summed E-state index contributed by atoms with van der Waals surface area (Å²) in [6.07, 6.45) is 0. The molecular weight excluding hydrogens is 699 g/mol. The quantitative estimate of drug-likeness (QED) is 0.171. The van der Waals surface area contributed by atoms with Crippen LogP contribution >= 0.6 is 0 Å². The molecule has 8 aromatic carbocycles. The topological polar surface area (TPSA) is 12.9 Å². The number of nitrogens with zero attached hydrogens (tertiary/aromatic N) is 1. The summed E-state index contributed by atoms with van der Waals surface area (Å²) in [6, 6.07) is 77.9. The fraction of sp³-hybridized carbons (Fsp3) is 0.0702. The van der Waals surface area contributed by atoms with Gasteiger partial charge in [0.2, 0.25) is 0 Å². The Bertz CT molecular complexity index is 2920. The van der Waals surface area contributed by atoms with Crippen molar-refractivity contribution < 1.29 is 0 Å². The van der Waals surface area contributed by atoms with Gasteiger partial charge < -0.3 is 0 Å². The SMILES string of the molecule is CC1(C)c2ccccc2C2(c3ccccc3-c3c(-c4cccc(-c5cccc(-c6cc(-c7ccccc7)cc(-c7ccccc7)n6)c5)c4)cccc32)c2ccccc21. The van der Waals surface area contributed by atoms with Crippen molar-refractivity contribution in [2.75, 3.05) is 0 Å². The van der Waals surface area contributed by atoms with Gasteiger partial charge in [-0.25, -0.2) is 4.98 Å². The molecule has 11 rings (SSSR count). The summed E-state index contributed by atoms with van der Waals surface area (Å²) in [6.45, 7) is 4.77. The van der Waals surface area contributed by atoms with Gasteiger partial charge in [-0.15, -0.1) is 0 Å². The van der Waals surface area contributed by atoms with E-state index in [-0.39, 0.29) is 5.41 Å². The molecule has 0 saturated heterocycles. The molecule has 2 aliphatic rings. The van der Waals surface area contributed by atoms with E-state index >= 15 is 0 Å². The highest BCUT2D eigenvalue weighted by Crippen LogP contribution is 2.63. The molecule has 0 aliphatic heterocycles. The van der Waals surface area contributed by atoms with Crippen molar-refractivity contribution >= 4 is 0 Å². The zero-order chi connectivity index (χ0) is 38.8. The molecule has 9 aromatic rings. The van der Waals surface area contributed by atoms with Crippen molar-refractivity contribution in [3.8, 4) is 67.0 Å². The number of benzene rings is 8. The maximum absolute atomic E-state index is 5.24. The van der Waals surface area contributed by atoms with Gasteiger partial charge in [-0.3, -0.25) is 0 Å². The normalized spacial score (nSPS) is 14.0. The summed E-state index contributed by atoms with van der Waals surface area (Å²) < 4.78 is 0. The van der Waals surface area contributed by atoms with Crippen molar-refractivity contribution in [2.45, 2.75) is 24.7 Å². The summed E-state index contributed by atoms with van der Waals surface area (Å²) in [7, 11) is 0. The van der Waals surface area contributed by atoms with Crippen molar-refractivity contribution in [3.05, 3.63) is 246 Å². The molecular formula is C57H41N. The van der Waals surface area contributed by atoms with Gasteiger partial charge in [-0.2, -0.15) is 0 Å². The number of hydrogen-bond acceptors (Lipinski definition) is 1. The molecule has 1 aromatic heterocycles. The van der Waals surface area contributed by atoms with Crippen molar-refractivity contribution in [3.63, 3.8) is 0 Å². The Morgan fingerprint density at radius 3 is 1.38 bits per heavy atom. The first kappa shape index (κ1) is 34.2. The van der Waals surface area contributed by atoms with Crippen LogP contribution in [-0.4, -0.2) is 4.98 Å². The second kappa shape index (κ2) is 13.3. The maximum atomic E-state index is 5.24. The second-order valence-electron chi connectivity index (χ2n) is 16.3. The van der Waals surface area contributed by atoms with E-state index in [1.807, 2.05) is 0 Å². The Kier molecular flexibility index (Phi) is 7.81. The maximum Gasteiger partial charge on any atom is 0.0719 e. The fourth-order valence-electron chi connectivity index (χ4n) is 10.1. The van der Waals surface area contributed by atoms with E-state index in [9.17, 15) is 0 Å². The first-order valence-electron chi connectivity index (χ1n) is 20.3. The third-order valence-corrected chi connectivity index (χ3v) is 12.7. The van der Waals surface area contributed by atoms with E-state index in [1.165, 1.54) is 66.8 Å². The zero-order valence-corrected chi connectivity index (χ0v) is 32.7. The van der Waals surface area contributed by atoms with E-state index in [1.54, 1.807) is 0 Å². The average Bonchev–Trinajstić information content (AvgIpc) is 3.60. The zero-order valence-electron chi connectivity index (χ0n) is 32.7. The molecule has 1 heteroatoms. The molecule has 1 nitrogen and oxygen atoms in total. The molecule has 0 saturated carbocycles. The van der Waals surface area contributed by atoms with Crippen LogP contribution < -0.4 is 0 Å². The van der Waals surface area contributed by atoms with Crippen LogP contribution in [0.25, 0.3) is 67.0 Å². The van der Waals surface area contributed by atoms with E-state index < -0.39 is 5.41 Å². The highest BCUT2D eigenvalue weighted by atomic mass is 14.7. The number of aromatic nitrogens is 1. The monoisotopic (exact) mass is 739 g/mol. The van der Waals surface area contributed by atoms with Crippen LogP contribution in [0.1, 0.15) is 47.2 Å². The number of fused-ring (bicyclic) bond motifs is 9. The van der Waals surface area contributed by atoms with Crippen LogP contribution in [0.3, 0.4) is 0 Å². The Balaban J connectivity index is 1.06. The minimum Gasteiger partial charge on any atom is -0.248 e. The number of hydrogen-bond donors (Lipinski definition) is 0. The van der Waals surface area contributed by atoms with E-state index in [4.69, 9.17) is 4.98 Å². The highest BCUT2D eigenvalue weighted by Gasteiger charge is 2.53. The number of pyridine rings is 1. The molecule has 0 unspecified atom stereocenters. The van der Waals surface area contributed by atoms with Gasteiger partial charge in [0.1, 0.15) is 0 Å². The molecule has 58 heavy (non-hydrogen) atoms. The van der Waals surface area contributed by atoms with Crippen molar-refractivity contribution in [2.24, 2.45) is 0 Å². The summed E-state index contributed by atoms with van der Waals surface area (Å²) in [5.41, 5.74) is 21.6. The van der Waals surface area contributed by atoms with Crippen LogP contribution in [0.5, 0.6) is 0 Å². The van der Waals surface area contributed by atoms with Crippen LogP contribution in [0.4, 0.5) is 0 Å². The van der Waals surface area contributed by atoms with Gasteiger partial charge in [0, 0.05) is 16.5 Å². The Morgan fingerprint density at radius 2 is 0.724 bits per heavy atom. The molecule has 0 atom stereocenters. The minimum atomic E-state index is -0.420. The molecule has 0 radical (unpaired) electrons. The standard InChI is InChI=1S/C57H41N/c1-56(2)48-29-11-13-31-50(48)57(51-32-14-12-30-49(51)56)47-28-10-9-26-46(47)55-45(27-17-33-52(55)57)42-24-15-22-40(34-42)41-23-16-25-43(35-41)54-37-44(38-18-5-3-6-19-38)36-53(58-54)39-20-7-4-8-21-39/h3-37H,1-2H3. The molecule has 274 valence electrons. The summed E-state index contributed by atoms with van der Waals surface area (Å²) in [5, 5.41) is 0. The molecule has 0 N–H and O–H groups in total. The summed E-state index contributed by atoms with van der Waals surface area (Å²) >= 11 is 0. The van der Waals surface area contributed by atoms with Gasteiger partial charge in [0.25, 0.3) is 0 Å².